The predicted molar refractivity (Wildman–Crippen MR) is 76.7 cm³/mol. The first-order valence-electron chi connectivity index (χ1n) is 6.63. The maximum Gasteiger partial charge on any atom is 0.221 e. The van der Waals surface area contributed by atoms with Crippen LogP contribution in [0.5, 0.6) is 0 Å². The van der Waals surface area contributed by atoms with Crippen LogP contribution in [0.4, 0.5) is 0 Å². The summed E-state index contributed by atoms with van der Waals surface area (Å²) in [5.41, 5.74) is 1.18. The zero-order valence-corrected chi connectivity index (χ0v) is 11.9. The van der Waals surface area contributed by atoms with E-state index in [1.54, 1.807) is 0 Å². The number of benzene rings is 1. The van der Waals surface area contributed by atoms with Crippen LogP contribution in [0.3, 0.4) is 0 Å². The molecule has 0 aromatic heterocycles. The molecule has 1 aromatic carbocycles. The van der Waals surface area contributed by atoms with Gasteiger partial charge in [-0.25, -0.2) is 0 Å². The van der Waals surface area contributed by atoms with E-state index >= 15 is 0 Å². The second-order valence-electron chi connectivity index (χ2n) is 4.47. The highest BCUT2D eigenvalue weighted by Gasteiger charge is 2.21. The highest BCUT2D eigenvalue weighted by Crippen LogP contribution is 2.27. The van der Waals surface area contributed by atoms with E-state index in [9.17, 15) is 4.79 Å². The summed E-state index contributed by atoms with van der Waals surface area (Å²) < 4.78 is 0. The van der Waals surface area contributed by atoms with Gasteiger partial charge in [0.1, 0.15) is 0 Å². The van der Waals surface area contributed by atoms with Crippen LogP contribution in [0.15, 0.2) is 30.3 Å². The second-order valence-corrected chi connectivity index (χ2v) is 4.85. The third-order valence-electron chi connectivity index (χ3n) is 3.32. The van der Waals surface area contributed by atoms with Gasteiger partial charge in [-0.3, -0.25) is 4.79 Å². The molecule has 0 fully saturated rings. The number of alkyl halides is 1. The van der Waals surface area contributed by atoms with E-state index in [2.05, 4.69) is 31.3 Å². The fraction of sp³-hybridized carbons (Fsp3) is 0.533. The van der Waals surface area contributed by atoms with Crippen LogP contribution in [0, 0.1) is 5.92 Å². The van der Waals surface area contributed by atoms with Crippen molar-refractivity contribution >= 4 is 17.5 Å². The molecule has 0 spiro atoms. The van der Waals surface area contributed by atoms with E-state index in [0.717, 1.165) is 12.8 Å². The fourth-order valence-electron chi connectivity index (χ4n) is 2.23. The Morgan fingerprint density at radius 1 is 1.22 bits per heavy atom. The lowest BCUT2D eigenvalue weighted by Crippen LogP contribution is -2.33. The van der Waals surface area contributed by atoms with Gasteiger partial charge in [-0.1, -0.05) is 57.0 Å². The number of carbonyl (C=O) groups excluding carboxylic acids is 1. The van der Waals surface area contributed by atoms with Crippen molar-refractivity contribution < 1.29 is 4.79 Å². The van der Waals surface area contributed by atoms with E-state index in [1.165, 1.54) is 5.56 Å². The molecule has 0 bridgehead atoms. The van der Waals surface area contributed by atoms with Crippen LogP contribution in [0.1, 0.15) is 44.7 Å². The number of hydrogen-bond acceptors (Lipinski definition) is 1. The molecule has 0 heterocycles. The third kappa shape index (κ3) is 4.34. The van der Waals surface area contributed by atoms with Crippen LogP contribution < -0.4 is 5.32 Å². The molecule has 3 heteroatoms. The molecule has 1 unspecified atom stereocenters. The summed E-state index contributed by atoms with van der Waals surface area (Å²) in [4.78, 5) is 11.8. The van der Waals surface area contributed by atoms with Crippen LogP contribution >= 0.6 is 11.6 Å². The highest BCUT2D eigenvalue weighted by atomic mass is 35.5. The molecule has 1 atom stereocenters. The largest absolute Gasteiger partial charge is 0.349 e. The van der Waals surface area contributed by atoms with Gasteiger partial charge in [0.05, 0.1) is 6.04 Å². The van der Waals surface area contributed by atoms with Gasteiger partial charge in [-0.15, -0.1) is 11.6 Å². The summed E-state index contributed by atoms with van der Waals surface area (Å²) in [7, 11) is 0. The molecule has 0 saturated heterocycles. The lowest BCUT2D eigenvalue weighted by Gasteiger charge is -2.27. The molecule has 0 aliphatic carbocycles. The summed E-state index contributed by atoms with van der Waals surface area (Å²) >= 11 is 5.61. The Morgan fingerprint density at radius 2 is 1.83 bits per heavy atom. The zero-order chi connectivity index (χ0) is 13.4. The smallest absolute Gasteiger partial charge is 0.221 e. The standard InChI is InChI=1S/C15H22ClNO/c1-3-12(4-2)15(17-14(18)10-11-16)13-8-6-5-7-9-13/h5-9,12,15H,3-4,10-11H2,1-2H3,(H,17,18). The monoisotopic (exact) mass is 267 g/mol. The molecule has 18 heavy (non-hydrogen) atoms. The molecule has 1 N–H and O–H groups in total. The Morgan fingerprint density at radius 3 is 2.33 bits per heavy atom. The predicted octanol–water partition coefficient (Wildman–Crippen LogP) is 3.91. The Bertz CT molecular complexity index is 349. The van der Waals surface area contributed by atoms with Crippen LogP contribution in [0.25, 0.3) is 0 Å². The van der Waals surface area contributed by atoms with Crippen LogP contribution in [0.2, 0.25) is 0 Å². The first-order chi connectivity index (χ1) is 8.72. The Balaban J connectivity index is 2.85. The quantitative estimate of drug-likeness (QED) is 0.746. The van der Waals surface area contributed by atoms with Crippen LogP contribution in [-0.4, -0.2) is 11.8 Å². The summed E-state index contributed by atoms with van der Waals surface area (Å²) in [6.45, 7) is 4.33. The Kier molecular flexibility index (Phi) is 6.81. The lowest BCUT2D eigenvalue weighted by atomic mass is 9.88. The van der Waals surface area contributed by atoms with Gasteiger partial charge in [0.25, 0.3) is 0 Å². The molecule has 0 saturated carbocycles. The first-order valence-corrected chi connectivity index (χ1v) is 7.16. The molecule has 0 aliphatic heterocycles. The van der Waals surface area contributed by atoms with E-state index < -0.39 is 0 Å². The average Bonchev–Trinajstić information content (AvgIpc) is 2.40. The zero-order valence-electron chi connectivity index (χ0n) is 11.2. The Hall–Kier alpha value is -1.02. The van der Waals surface area contributed by atoms with Gasteiger partial charge in [0.15, 0.2) is 0 Å². The number of hydrogen-bond donors (Lipinski definition) is 1. The minimum atomic E-state index is 0.0331. The number of amides is 1. The van der Waals surface area contributed by atoms with Crippen molar-refractivity contribution in [3.8, 4) is 0 Å². The van der Waals surface area contributed by atoms with Gasteiger partial charge < -0.3 is 5.32 Å². The minimum absolute atomic E-state index is 0.0331. The SMILES string of the molecule is CCC(CC)C(NC(=O)CCCl)c1ccccc1. The normalized spacial score (nSPS) is 12.4. The van der Waals surface area contributed by atoms with Crippen molar-refractivity contribution in [2.75, 3.05) is 5.88 Å². The summed E-state index contributed by atoms with van der Waals surface area (Å²) in [5, 5.41) is 3.11. The Labute approximate surface area is 115 Å². The first kappa shape index (κ1) is 15.0. The fourth-order valence-corrected chi connectivity index (χ4v) is 2.40. The molecular formula is C15H22ClNO. The molecule has 1 rings (SSSR count). The maximum atomic E-state index is 11.8. The summed E-state index contributed by atoms with van der Waals surface area (Å²) in [5.74, 6) is 0.869. The average molecular weight is 268 g/mol. The minimum Gasteiger partial charge on any atom is -0.349 e. The van der Waals surface area contributed by atoms with Crippen molar-refractivity contribution in [2.24, 2.45) is 5.92 Å². The van der Waals surface area contributed by atoms with Gasteiger partial charge in [0, 0.05) is 12.3 Å². The molecule has 0 aliphatic rings. The topological polar surface area (TPSA) is 29.1 Å². The second kappa shape index (κ2) is 8.15. The van der Waals surface area contributed by atoms with Crippen molar-refractivity contribution in [2.45, 2.75) is 39.2 Å². The van der Waals surface area contributed by atoms with Gasteiger partial charge >= 0.3 is 0 Å². The third-order valence-corrected chi connectivity index (χ3v) is 3.51. The van der Waals surface area contributed by atoms with E-state index in [4.69, 9.17) is 11.6 Å². The van der Waals surface area contributed by atoms with Crippen molar-refractivity contribution in [3.63, 3.8) is 0 Å². The molecule has 1 amide bonds. The van der Waals surface area contributed by atoms with Gasteiger partial charge in [0.2, 0.25) is 5.91 Å². The van der Waals surface area contributed by atoms with E-state index in [1.807, 2.05) is 18.2 Å². The molecular weight excluding hydrogens is 246 g/mol. The highest BCUT2D eigenvalue weighted by molar-refractivity contribution is 6.18. The molecule has 0 radical (unpaired) electrons. The van der Waals surface area contributed by atoms with Gasteiger partial charge in [-0.2, -0.15) is 0 Å². The number of rotatable bonds is 7. The van der Waals surface area contributed by atoms with E-state index in [-0.39, 0.29) is 11.9 Å². The maximum absolute atomic E-state index is 11.8. The van der Waals surface area contributed by atoms with Crippen molar-refractivity contribution in [1.82, 2.24) is 5.32 Å². The summed E-state index contributed by atoms with van der Waals surface area (Å²) in [6.07, 6.45) is 2.49. The number of nitrogens with one attached hydrogen (secondary N) is 1. The van der Waals surface area contributed by atoms with Crippen molar-refractivity contribution in [1.29, 1.82) is 0 Å². The number of halogens is 1. The van der Waals surface area contributed by atoms with Gasteiger partial charge in [-0.05, 0) is 11.5 Å². The summed E-state index contributed by atoms with van der Waals surface area (Å²) in [6, 6.07) is 10.3. The lowest BCUT2D eigenvalue weighted by molar-refractivity contribution is -0.121. The number of carbonyl (C=O) groups is 1. The molecule has 100 valence electrons. The van der Waals surface area contributed by atoms with E-state index in [0.29, 0.717) is 18.2 Å². The molecule has 1 aromatic rings. The molecule has 2 nitrogen and oxygen atoms in total. The van der Waals surface area contributed by atoms with Crippen molar-refractivity contribution in [3.05, 3.63) is 35.9 Å². The van der Waals surface area contributed by atoms with Crippen LogP contribution in [-0.2, 0) is 4.79 Å².